The first-order valence-electron chi connectivity index (χ1n) is 8.20. The molecule has 2 N–H and O–H groups in total. The Bertz CT molecular complexity index is 1160. The molecule has 0 saturated heterocycles. The van der Waals surface area contributed by atoms with Crippen molar-refractivity contribution in [3.63, 3.8) is 0 Å². The minimum atomic E-state index is -0.474. The number of thiazole rings is 1. The molecule has 0 unspecified atom stereocenters. The van der Waals surface area contributed by atoms with E-state index in [1.807, 2.05) is 11.4 Å². The molecule has 136 valence electrons. The second-order valence-corrected chi connectivity index (χ2v) is 7.24. The highest BCUT2D eigenvalue weighted by molar-refractivity contribution is 7.09. The lowest BCUT2D eigenvalue weighted by Gasteiger charge is -2.04. The van der Waals surface area contributed by atoms with Crippen LogP contribution >= 0.6 is 22.9 Å². The first-order chi connectivity index (χ1) is 13.1. The number of nitrogens with one attached hydrogen (secondary N) is 2. The van der Waals surface area contributed by atoms with Crippen LogP contribution in [-0.2, 0) is 6.42 Å². The number of amides is 1. The lowest BCUT2D eigenvalue weighted by atomic mass is 10.1. The van der Waals surface area contributed by atoms with Crippen molar-refractivity contribution in [3.8, 4) is 11.3 Å². The molecule has 4 rings (SSSR count). The molecule has 2 aromatic carbocycles. The summed E-state index contributed by atoms with van der Waals surface area (Å²) in [4.78, 5) is 30.6. The molecule has 0 radical (unpaired) electrons. The number of H-pyrrole nitrogens is 1. The van der Waals surface area contributed by atoms with Crippen molar-refractivity contribution in [1.29, 1.82) is 0 Å². The summed E-state index contributed by atoms with van der Waals surface area (Å²) in [5.74, 6) is -0.617. The van der Waals surface area contributed by atoms with Crippen LogP contribution in [0, 0.1) is 0 Å². The molecule has 0 atom stereocenters. The zero-order valence-corrected chi connectivity index (χ0v) is 15.6. The van der Waals surface area contributed by atoms with Gasteiger partial charge < -0.3 is 9.73 Å². The molecule has 0 spiro atoms. The molecular formula is C19H14ClN3O3S. The van der Waals surface area contributed by atoms with Gasteiger partial charge in [0.2, 0.25) is 0 Å². The van der Waals surface area contributed by atoms with E-state index in [4.69, 9.17) is 16.0 Å². The molecule has 0 aliphatic carbocycles. The van der Waals surface area contributed by atoms with Gasteiger partial charge in [0.25, 0.3) is 5.91 Å². The van der Waals surface area contributed by atoms with Crippen molar-refractivity contribution in [2.45, 2.75) is 6.42 Å². The molecule has 0 fully saturated rings. The molecule has 8 heteroatoms. The minimum Gasteiger partial charge on any atom is -0.408 e. The van der Waals surface area contributed by atoms with E-state index in [-0.39, 0.29) is 5.91 Å². The Morgan fingerprint density at radius 1 is 1.22 bits per heavy atom. The van der Waals surface area contributed by atoms with Gasteiger partial charge in [-0.15, -0.1) is 11.3 Å². The van der Waals surface area contributed by atoms with Gasteiger partial charge >= 0.3 is 5.76 Å². The van der Waals surface area contributed by atoms with Crippen LogP contribution in [0.25, 0.3) is 22.4 Å². The maximum absolute atomic E-state index is 12.1. The Hall–Kier alpha value is -2.90. The maximum Gasteiger partial charge on any atom is 0.417 e. The van der Waals surface area contributed by atoms with Crippen molar-refractivity contribution < 1.29 is 9.21 Å². The Balaban J connectivity index is 1.39. The number of hydrogen-bond acceptors (Lipinski definition) is 5. The highest BCUT2D eigenvalue weighted by Crippen LogP contribution is 2.25. The lowest BCUT2D eigenvalue weighted by Crippen LogP contribution is -2.25. The van der Waals surface area contributed by atoms with Crippen LogP contribution in [-0.4, -0.2) is 22.4 Å². The van der Waals surface area contributed by atoms with Crippen molar-refractivity contribution in [3.05, 3.63) is 74.0 Å². The molecule has 2 heterocycles. The van der Waals surface area contributed by atoms with E-state index < -0.39 is 5.76 Å². The van der Waals surface area contributed by atoms with Crippen molar-refractivity contribution in [1.82, 2.24) is 15.3 Å². The highest BCUT2D eigenvalue weighted by Gasteiger charge is 2.09. The summed E-state index contributed by atoms with van der Waals surface area (Å²) in [5.41, 5.74) is 3.41. The van der Waals surface area contributed by atoms with E-state index >= 15 is 0 Å². The molecule has 0 bridgehead atoms. The molecule has 6 nitrogen and oxygen atoms in total. The maximum atomic E-state index is 12.1. The average Bonchev–Trinajstić information content (AvgIpc) is 3.27. The van der Waals surface area contributed by atoms with Crippen LogP contribution in [0.5, 0.6) is 0 Å². The lowest BCUT2D eigenvalue weighted by molar-refractivity contribution is 0.0954. The number of aromatic amines is 1. The Morgan fingerprint density at radius 3 is 2.85 bits per heavy atom. The van der Waals surface area contributed by atoms with E-state index in [2.05, 4.69) is 15.3 Å². The number of benzene rings is 2. The smallest absolute Gasteiger partial charge is 0.408 e. The largest absolute Gasteiger partial charge is 0.417 e. The standard InChI is InChI=1S/C19H14ClN3O3S/c20-13-4-1-11(2-5-13)18(24)21-8-7-17-22-15(10-27-17)12-3-6-14-16(9-12)26-19(25)23-14/h1-6,9-10H,7-8H2,(H,21,24)(H,23,25). The summed E-state index contributed by atoms with van der Waals surface area (Å²) in [6.07, 6.45) is 0.630. The number of nitrogens with zero attached hydrogens (tertiary/aromatic N) is 1. The summed E-state index contributed by atoms with van der Waals surface area (Å²) in [7, 11) is 0. The van der Waals surface area contributed by atoms with Crippen molar-refractivity contribution >= 4 is 39.9 Å². The summed E-state index contributed by atoms with van der Waals surface area (Å²) < 4.78 is 5.09. The molecule has 1 amide bonds. The minimum absolute atomic E-state index is 0.142. The van der Waals surface area contributed by atoms with Gasteiger partial charge in [-0.3, -0.25) is 9.78 Å². The van der Waals surface area contributed by atoms with Crippen molar-refractivity contribution in [2.24, 2.45) is 0 Å². The number of aromatic nitrogens is 2. The second kappa shape index (κ2) is 7.38. The van der Waals surface area contributed by atoms with Gasteiger partial charge in [-0.2, -0.15) is 0 Å². The van der Waals surface area contributed by atoms with E-state index in [0.717, 1.165) is 16.3 Å². The molecule has 0 aliphatic rings. The van der Waals surface area contributed by atoms with Gasteiger partial charge in [-0.1, -0.05) is 17.7 Å². The van der Waals surface area contributed by atoms with E-state index in [1.54, 1.807) is 36.4 Å². The zero-order chi connectivity index (χ0) is 18.8. The fourth-order valence-electron chi connectivity index (χ4n) is 2.65. The number of oxazole rings is 1. The zero-order valence-electron chi connectivity index (χ0n) is 14.0. The van der Waals surface area contributed by atoms with Gasteiger partial charge in [-0.05, 0) is 36.4 Å². The van der Waals surface area contributed by atoms with E-state index in [9.17, 15) is 9.59 Å². The van der Waals surface area contributed by atoms with Gasteiger partial charge in [0.15, 0.2) is 5.58 Å². The van der Waals surface area contributed by atoms with Crippen LogP contribution < -0.4 is 11.1 Å². The normalized spacial score (nSPS) is 11.0. The Kier molecular flexibility index (Phi) is 4.79. The molecule has 0 aliphatic heterocycles. The van der Waals surface area contributed by atoms with Crippen LogP contribution in [0.2, 0.25) is 5.02 Å². The highest BCUT2D eigenvalue weighted by atomic mass is 35.5. The van der Waals surface area contributed by atoms with Crippen LogP contribution in [0.4, 0.5) is 0 Å². The predicted molar refractivity (Wildman–Crippen MR) is 105 cm³/mol. The fraction of sp³-hybridized carbons (Fsp3) is 0.105. The SMILES string of the molecule is O=C(NCCc1nc(-c2ccc3[nH]c(=O)oc3c2)cs1)c1ccc(Cl)cc1. The summed E-state index contributed by atoms with van der Waals surface area (Å²) in [5, 5.41) is 6.33. The molecule has 0 saturated carbocycles. The first-order valence-corrected chi connectivity index (χ1v) is 9.46. The predicted octanol–water partition coefficient (Wildman–Crippen LogP) is 3.87. The van der Waals surface area contributed by atoms with Crippen LogP contribution in [0.15, 0.2) is 57.1 Å². The Labute approximate surface area is 162 Å². The summed E-state index contributed by atoms with van der Waals surface area (Å²) >= 11 is 7.35. The monoisotopic (exact) mass is 399 g/mol. The number of carbonyl (C=O) groups is 1. The van der Waals surface area contributed by atoms with Crippen molar-refractivity contribution in [2.75, 3.05) is 6.54 Å². The van der Waals surface area contributed by atoms with Gasteiger partial charge in [-0.25, -0.2) is 9.78 Å². The van der Waals surface area contributed by atoms with Crippen LogP contribution in [0.1, 0.15) is 15.4 Å². The van der Waals surface area contributed by atoms with Gasteiger partial charge in [0.1, 0.15) is 0 Å². The number of halogens is 1. The average molecular weight is 400 g/mol. The molecule has 27 heavy (non-hydrogen) atoms. The number of fused-ring (bicyclic) bond motifs is 1. The third-order valence-corrected chi connectivity index (χ3v) is 5.16. The third-order valence-electron chi connectivity index (χ3n) is 4.00. The second-order valence-electron chi connectivity index (χ2n) is 5.86. The van der Waals surface area contributed by atoms with E-state index in [0.29, 0.717) is 34.7 Å². The summed E-state index contributed by atoms with van der Waals surface area (Å²) in [6.45, 7) is 0.486. The van der Waals surface area contributed by atoms with E-state index in [1.165, 1.54) is 11.3 Å². The number of rotatable bonds is 5. The Morgan fingerprint density at radius 2 is 2.04 bits per heavy atom. The molecule has 2 aromatic heterocycles. The quantitative estimate of drug-likeness (QED) is 0.533. The van der Waals surface area contributed by atoms with Gasteiger partial charge in [0.05, 0.1) is 16.2 Å². The summed E-state index contributed by atoms with van der Waals surface area (Å²) in [6, 6.07) is 12.2. The number of hydrogen-bond donors (Lipinski definition) is 2. The first kappa shape index (κ1) is 17.5. The van der Waals surface area contributed by atoms with Gasteiger partial charge in [0, 0.05) is 34.5 Å². The van der Waals surface area contributed by atoms with Crippen LogP contribution in [0.3, 0.4) is 0 Å². The topological polar surface area (TPSA) is 88.0 Å². The fourth-order valence-corrected chi connectivity index (χ4v) is 3.58. The third kappa shape index (κ3) is 3.94. The molecule has 4 aromatic rings. The number of carbonyl (C=O) groups excluding carboxylic acids is 1. The molecular weight excluding hydrogens is 386 g/mol.